The van der Waals surface area contributed by atoms with Crippen LogP contribution in [0.1, 0.15) is 44.2 Å². The van der Waals surface area contributed by atoms with Gasteiger partial charge in [0.15, 0.2) is 0 Å². The minimum absolute atomic E-state index is 0.0438. The summed E-state index contributed by atoms with van der Waals surface area (Å²) < 4.78 is 43.1. The van der Waals surface area contributed by atoms with E-state index in [0.29, 0.717) is 38.0 Å². The molecule has 0 heterocycles. The van der Waals surface area contributed by atoms with Crippen LogP contribution in [0.25, 0.3) is 0 Å². The van der Waals surface area contributed by atoms with Crippen molar-refractivity contribution < 1.29 is 37.4 Å². The first-order valence-electron chi connectivity index (χ1n) is 14.9. The zero-order valence-electron chi connectivity index (χ0n) is 25.5. The molecule has 3 amide bonds. The summed E-state index contributed by atoms with van der Waals surface area (Å²) in [5.41, 5.74) is 11.2. The second-order valence-corrected chi connectivity index (χ2v) is 11.2. The average molecular weight is 631 g/mol. The normalized spacial score (nSPS) is 17.9. The predicted octanol–water partition coefficient (Wildman–Crippen LogP) is 3.76. The van der Waals surface area contributed by atoms with Gasteiger partial charge in [-0.1, -0.05) is 62.4 Å². The molecule has 0 aliphatic heterocycles. The van der Waals surface area contributed by atoms with Crippen LogP contribution in [0.5, 0.6) is 5.75 Å². The van der Waals surface area contributed by atoms with Crippen molar-refractivity contribution in [2.75, 3.05) is 19.6 Å². The van der Waals surface area contributed by atoms with Crippen LogP contribution in [-0.2, 0) is 27.3 Å². The Morgan fingerprint density at radius 3 is 2.24 bits per heavy atom. The molecule has 0 saturated carbocycles. The van der Waals surface area contributed by atoms with Gasteiger partial charge in [-0.3, -0.25) is 14.4 Å². The first-order valence-corrected chi connectivity index (χ1v) is 14.9. The molecule has 0 spiro atoms. The van der Waals surface area contributed by atoms with E-state index < -0.39 is 47.3 Å². The van der Waals surface area contributed by atoms with E-state index in [1.807, 2.05) is 44.2 Å². The highest BCUT2D eigenvalue weighted by molar-refractivity contribution is 6.03. The second kappa shape index (κ2) is 15.7. The summed E-state index contributed by atoms with van der Waals surface area (Å²) in [4.78, 5) is 41.4. The molecule has 6 N–H and O–H groups in total. The number of aliphatic hydroxyl groups is 1. The fraction of sp³-hybridized carbons (Fsp3) is 0.424. The van der Waals surface area contributed by atoms with E-state index in [1.54, 1.807) is 4.90 Å². The predicted molar refractivity (Wildman–Crippen MR) is 163 cm³/mol. The van der Waals surface area contributed by atoms with Crippen LogP contribution in [0, 0.1) is 11.3 Å². The first-order chi connectivity index (χ1) is 21.3. The largest absolute Gasteiger partial charge is 0.573 e. The van der Waals surface area contributed by atoms with Gasteiger partial charge in [-0.25, -0.2) is 0 Å². The van der Waals surface area contributed by atoms with Crippen molar-refractivity contribution >= 4 is 17.7 Å². The Balaban J connectivity index is 2.08. The van der Waals surface area contributed by atoms with Crippen LogP contribution in [0.15, 0.2) is 77.9 Å². The van der Waals surface area contributed by atoms with Gasteiger partial charge in [0.1, 0.15) is 5.75 Å². The molecule has 0 fully saturated rings. The van der Waals surface area contributed by atoms with Crippen LogP contribution >= 0.6 is 0 Å². The smallest absolute Gasteiger partial charge is 0.406 e. The highest BCUT2D eigenvalue weighted by Gasteiger charge is 2.49. The van der Waals surface area contributed by atoms with Gasteiger partial charge in [-0.2, -0.15) is 0 Å². The Bertz CT molecular complexity index is 1390. The van der Waals surface area contributed by atoms with Crippen LogP contribution < -0.4 is 21.5 Å². The van der Waals surface area contributed by atoms with Gasteiger partial charge >= 0.3 is 6.36 Å². The Morgan fingerprint density at radius 1 is 1.02 bits per heavy atom. The lowest BCUT2D eigenvalue weighted by Crippen LogP contribution is -2.52. The maximum absolute atomic E-state index is 13.7. The lowest BCUT2D eigenvalue weighted by molar-refractivity contribution is -0.274. The lowest BCUT2D eigenvalue weighted by Gasteiger charge is -2.42. The van der Waals surface area contributed by atoms with E-state index in [4.69, 9.17) is 11.5 Å². The molecule has 1 aliphatic carbocycles. The number of alkyl halides is 3. The molecule has 0 saturated heterocycles. The molecule has 12 heteroatoms. The molecule has 0 aromatic heterocycles. The van der Waals surface area contributed by atoms with Crippen molar-refractivity contribution in [3.05, 3.63) is 89.0 Å². The number of rotatable bonds is 16. The Morgan fingerprint density at radius 2 is 1.67 bits per heavy atom. The summed E-state index contributed by atoms with van der Waals surface area (Å²) >= 11 is 0. The molecule has 3 atom stereocenters. The first kappa shape index (κ1) is 35.3. The molecule has 2 aromatic rings. The maximum Gasteiger partial charge on any atom is 0.573 e. The number of nitrogens with two attached hydrogens (primary N) is 2. The third-order valence-corrected chi connectivity index (χ3v) is 7.76. The number of hydrogen-bond acceptors (Lipinski definition) is 6. The van der Waals surface area contributed by atoms with Crippen molar-refractivity contribution in [1.82, 2.24) is 10.2 Å². The molecule has 9 nitrogen and oxygen atoms in total. The fourth-order valence-corrected chi connectivity index (χ4v) is 5.73. The van der Waals surface area contributed by atoms with Gasteiger partial charge in [0.25, 0.3) is 0 Å². The highest BCUT2D eigenvalue weighted by atomic mass is 19.4. The van der Waals surface area contributed by atoms with Crippen molar-refractivity contribution in [3.8, 4) is 5.75 Å². The molecule has 2 aromatic carbocycles. The molecule has 3 rings (SSSR count). The number of amides is 3. The molecule has 45 heavy (non-hydrogen) atoms. The van der Waals surface area contributed by atoms with E-state index >= 15 is 0 Å². The summed E-state index contributed by atoms with van der Waals surface area (Å²) in [6, 6.07) is 14.5. The minimum atomic E-state index is -4.93. The summed E-state index contributed by atoms with van der Waals surface area (Å²) in [6.45, 7) is 5.03. The molecule has 0 bridgehead atoms. The number of carbonyl (C=O) groups is 3. The third-order valence-electron chi connectivity index (χ3n) is 7.76. The number of nitrogens with one attached hydrogen (secondary N) is 1. The van der Waals surface area contributed by atoms with Gasteiger partial charge in [0.05, 0.1) is 11.5 Å². The Kier molecular flexibility index (Phi) is 12.3. The van der Waals surface area contributed by atoms with Crippen LogP contribution in [-0.4, -0.2) is 59.8 Å². The average Bonchev–Trinajstić information content (AvgIpc) is 2.98. The number of nitrogens with zero attached hydrogens (tertiary/aromatic N) is 1. The molecule has 1 aliphatic rings. The zero-order valence-corrected chi connectivity index (χ0v) is 25.5. The number of benzene rings is 2. The number of halogens is 3. The van der Waals surface area contributed by atoms with Gasteiger partial charge in [0.2, 0.25) is 17.7 Å². The van der Waals surface area contributed by atoms with Crippen LogP contribution in [0.2, 0.25) is 0 Å². The lowest BCUT2D eigenvalue weighted by atomic mass is 9.63. The number of ether oxygens (including phenoxy) is 1. The Labute approximate surface area is 261 Å². The Hall–Kier alpha value is -4.16. The molecular formula is C33H41F3N4O5. The van der Waals surface area contributed by atoms with Gasteiger partial charge in [0, 0.05) is 43.2 Å². The van der Waals surface area contributed by atoms with Crippen molar-refractivity contribution in [2.24, 2.45) is 22.8 Å². The van der Waals surface area contributed by atoms with E-state index in [0.717, 1.165) is 17.7 Å². The number of aliphatic hydroxyl groups excluding tert-OH is 1. The summed E-state index contributed by atoms with van der Waals surface area (Å²) in [5, 5.41) is 14.8. The van der Waals surface area contributed by atoms with Crippen LogP contribution in [0.3, 0.4) is 0 Å². The van der Waals surface area contributed by atoms with Gasteiger partial charge in [-0.15, -0.1) is 13.2 Å². The number of hydrogen-bond donors (Lipinski definition) is 4. The number of primary amides is 2. The third kappa shape index (κ3) is 9.66. The zero-order chi connectivity index (χ0) is 33.2. The maximum atomic E-state index is 13.7. The SMILES string of the molecule is CCCN(CCC)C(=O)C1=CC(C(N)=O)=CC(C(N)=O)([C@H](Cc2cccc(OC(F)(F)F)c2)[C@@H](O)CNCc2ccccc2)C1. The van der Waals surface area contributed by atoms with Crippen molar-refractivity contribution in [3.63, 3.8) is 0 Å². The topological polar surface area (TPSA) is 148 Å². The van der Waals surface area contributed by atoms with E-state index in [9.17, 15) is 32.7 Å². The van der Waals surface area contributed by atoms with E-state index in [-0.39, 0.29) is 30.5 Å². The number of carbonyl (C=O) groups excluding carboxylic acids is 3. The second-order valence-electron chi connectivity index (χ2n) is 11.2. The molecule has 0 radical (unpaired) electrons. The summed E-state index contributed by atoms with van der Waals surface area (Å²) in [5.74, 6) is -3.81. The molecular weight excluding hydrogens is 589 g/mol. The van der Waals surface area contributed by atoms with Gasteiger partial charge < -0.3 is 31.5 Å². The van der Waals surface area contributed by atoms with Crippen molar-refractivity contribution in [1.29, 1.82) is 0 Å². The highest BCUT2D eigenvalue weighted by Crippen LogP contribution is 2.44. The van der Waals surface area contributed by atoms with E-state index in [2.05, 4.69) is 10.1 Å². The standard InChI is InChI=1S/C33H41F3N4O5/c1-3-13-40(14-4-2)30(43)25-17-24(29(37)42)18-32(19-25,31(38)44)27(28(41)21-39-20-22-9-6-5-7-10-22)16-23-11-8-12-26(15-23)45-33(34,35)36/h5-12,15,17-18,27-28,39,41H,3-4,13-14,16,19-21H2,1-2H3,(H2,37,42)(H2,38,44)/t27-,28+,32?/m1/s1. The van der Waals surface area contributed by atoms with E-state index in [1.165, 1.54) is 24.3 Å². The minimum Gasteiger partial charge on any atom is -0.406 e. The summed E-state index contributed by atoms with van der Waals surface area (Å²) in [7, 11) is 0. The summed E-state index contributed by atoms with van der Waals surface area (Å²) in [6.07, 6.45) is -2.66. The quantitative estimate of drug-likeness (QED) is 0.222. The molecule has 244 valence electrons. The van der Waals surface area contributed by atoms with Crippen LogP contribution in [0.4, 0.5) is 13.2 Å². The van der Waals surface area contributed by atoms with Gasteiger partial charge in [-0.05, 0) is 55.0 Å². The van der Waals surface area contributed by atoms with Crippen molar-refractivity contribution in [2.45, 2.75) is 58.5 Å². The monoisotopic (exact) mass is 630 g/mol. The molecule has 1 unspecified atom stereocenters. The fourth-order valence-electron chi connectivity index (χ4n) is 5.73.